The van der Waals surface area contributed by atoms with E-state index in [-0.39, 0.29) is 0 Å². The van der Waals surface area contributed by atoms with Crippen LogP contribution in [0.25, 0.3) is 0 Å². The highest BCUT2D eigenvalue weighted by molar-refractivity contribution is 5.93. The fraction of sp³-hybridized carbons (Fsp3) is 0.545. The largest absolute Gasteiger partial charge is 0.262 e. The lowest BCUT2D eigenvalue weighted by molar-refractivity contribution is 0.353. The van der Waals surface area contributed by atoms with Crippen LogP contribution in [0, 0.1) is 0 Å². The van der Waals surface area contributed by atoms with E-state index in [4.69, 9.17) is 0 Å². The molecule has 13 heavy (non-hydrogen) atoms. The molecule has 1 atom stereocenters. The minimum atomic E-state index is -0.815. The Morgan fingerprint density at radius 2 is 2.38 bits per heavy atom. The van der Waals surface area contributed by atoms with Crippen LogP contribution in [0.4, 0.5) is 4.39 Å². The van der Waals surface area contributed by atoms with Crippen LogP contribution < -0.4 is 0 Å². The van der Waals surface area contributed by atoms with E-state index in [0.717, 1.165) is 17.7 Å². The second-order valence-corrected chi connectivity index (χ2v) is 3.34. The summed E-state index contributed by atoms with van der Waals surface area (Å²) in [7, 11) is 0. The molecule has 0 spiro atoms. The molecule has 2 heteroatoms. The van der Waals surface area contributed by atoms with Gasteiger partial charge in [-0.2, -0.15) is 0 Å². The molecule has 1 aliphatic heterocycles. The van der Waals surface area contributed by atoms with Gasteiger partial charge in [0.1, 0.15) is 6.17 Å². The van der Waals surface area contributed by atoms with Gasteiger partial charge in [-0.3, -0.25) is 4.99 Å². The molecule has 0 saturated carbocycles. The summed E-state index contributed by atoms with van der Waals surface area (Å²) >= 11 is 0. The Balaban J connectivity index is 2.65. The maximum atomic E-state index is 13.4. The number of nitrogens with zero attached hydrogens (tertiary/aromatic N) is 1. The van der Waals surface area contributed by atoms with Gasteiger partial charge >= 0.3 is 0 Å². The second-order valence-electron chi connectivity index (χ2n) is 3.34. The van der Waals surface area contributed by atoms with Crippen molar-refractivity contribution in [1.82, 2.24) is 0 Å². The van der Waals surface area contributed by atoms with Gasteiger partial charge in [0.05, 0.1) is 0 Å². The van der Waals surface area contributed by atoms with Crippen molar-refractivity contribution >= 4 is 5.71 Å². The topological polar surface area (TPSA) is 12.4 Å². The van der Waals surface area contributed by atoms with E-state index in [0.29, 0.717) is 12.8 Å². The van der Waals surface area contributed by atoms with E-state index in [1.807, 2.05) is 26.0 Å². The van der Waals surface area contributed by atoms with Gasteiger partial charge in [-0.15, -0.1) is 0 Å². The lowest BCUT2D eigenvalue weighted by Crippen LogP contribution is -2.02. The lowest BCUT2D eigenvalue weighted by Gasteiger charge is -2.07. The fourth-order valence-electron chi connectivity index (χ4n) is 1.29. The molecule has 1 rings (SSSR count). The Hall–Kier alpha value is -0.920. The summed E-state index contributed by atoms with van der Waals surface area (Å²) in [5.41, 5.74) is 1.74. The Labute approximate surface area is 79.1 Å². The first-order chi connectivity index (χ1) is 6.24. The van der Waals surface area contributed by atoms with Gasteiger partial charge in [0.2, 0.25) is 0 Å². The summed E-state index contributed by atoms with van der Waals surface area (Å²) in [5, 5.41) is 0. The number of alkyl halides is 1. The van der Waals surface area contributed by atoms with Gasteiger partial charge in [-0.05, 0) is 31.4 Å². The van der Waals surface area contributed by atoms with Gasteiger partial charge in [0.15, 0.2) is 0 Å². The minimum Gasteiger partial charge on any atom is -0.262 e. The molecule has 0 aromatic rings. The summed E-state index contributed by atoms with van der Waals surface area (Å²) in [6, 6.07) is 0. The van der Waals surface area contributed by atoms with Crippen LogP contribution in [-0.2, 0) is 0 Å². The van der Waals surface area contributed by atoms with Crippen LogP contribution in [0.1, 0.15) is 33.1 Å². The van der Waals surface area contributed by atoms with E-state index in [2.05, 4.69) is 4.99 Å². The van der Waals surface area contributed by atoms with Crippen LogP contribution in [0.2, 0.25) is 0 Å². The van der Waals surface area contributed by atoms with E-state index in [1.165, 1.54) is 0 Å². The average Bonchev–Trinajstić information content (AvgIpc) is 2.30. The van der Waals surface area contributed by atoms with Crippen molar-refractivity contribution in [2.75, 3.05) is 0 Å². The van der Waals surface area contributed by atoms with Crippen molar-refractivity contribution in [2.24, 2.45) is 4.99 Å². The van der Waals surface area contributed by atoms with E-state index < -0.39 is 6.17 Å². The van der Waals surface area contributed by atoms with Gasteiger partial charge < -0.3 is 0 Å². The Morgan fingerprint density at radius 1 is 1.62 bits per heavy atom. The van der Waals surface area contributed by atoms with Crippen LogP contribution in [0.15, 0.2) is 28.9 Å². The molecule has 0 aliphatic carbocycles. The minimum absolute atomic E-state index is 0.605. The highest BCUT2D eigenvalue weighted by Gasteiger charge is 2.11. The maximum absolute atomic E-state index is 13.4. The second kappa shape index (κ2) is 4.95. The molecule has 0 fully saturated rings. The fourth-order valence-corrected chi connectivity index (χ4v) is 1.29. The molecule has 0 amide bonds. The van der Waals surface area contributed by atoms with Crippen molar-refractivity contribution in [3.05, 3.63) is 23.9 Å². The third-order valence-electron chi connectivity index (χ3n) is 2.09. The standard InChI is InChI=1S/C11H16FN/c1-3-5-11(12)10-7-4-6-9(2)13-8-10/h4,6,8,11H,3,5,7H2,1-2H3. The molecular weight excluding hydrogens is 165 g/mol. The maximum Gasteiger partial charge on any atom is 0.123 e. The quantitative estimate of drug-likeness (QED) is 0.632. The first-order valence-corrected chi connectivity index (χ1v) is 4.78. The summed E-state index contributed by atoms with van der Waals surface area (Å²) < 4.78 is 13.4. The van der Waals surface area contributed by atoms with Crippen molar-refractivity contribution in [3.8, 4) is 0 Å². The number of halogens is 1. The van der Waals surface area contributed by atoms with Gasteiger partial charge in [0.25, 0.3) is 0 Å². The van der Waals surface area contributed by atoms with Crippen molar-refractivity contribution in [2.45, 2.75) is 39.3 Å². The van der Waals surface area contributed by atoms with Gasteiger partial charge in [-0.25, -0.2) is 4.39 Å². The number of aliphatic imine (C=N–C) groups is 1. The SMILES string of the molecule is CCCC(F)C1=CN=C(C)C=CC1. The molecule has 0 saturated heterocycles. The lowest BCUT2D eigenvalue weighted by atomic mass is 10.0. The third kappa shape index (κ3) is 3.13. The highest BCUT2D eigenvalue weighted by Crippen LogP contribution is 2.18. The van der Waals surface area contributed by atoms with Crippen molar-refractivity contribution < 1.29 is 4.39 Å². The summed E-state index contributed by atoms with van der Waals surface area (Å²) in [6.07, 6.45) is 6.95. The van der Waals surface area contributed by atoms with Crippen LogP contribution in [-0.4, -0.2) is 11.9 Å². The van der Waals surface area contributed by atoms with E-state index in [1.54, 1.807) is 6.20 Å². The van der Waals surface area contributed by atoms with Gasteiger partial charge in [0, 0.05) is 11.9 Å². The smallest absolute Gasteiger partial charge is 0.123 e. The molecule has 1 nitrogen and oxygen atoms in total. The number of allylic oxidation sites excluding steroid dienone is 3. The molecule has 1 heterocycles. The Kier molecular flexibility index (Phi) is 3.87. The molecule has 0 aromatic carbocycles. The highest BCUT2D eigenvalue weighted by atomic mass is 19.1. The van der Waals surface area contributed by atoms with Crippen LogP contribution in [0.3, 0.4) is 0 Å². The Bertz CT molecular complexity index is 251. The summed E-state index contributed by atoms with van der Waals surface area (Å²) in [5.74, 6) is 0. The molecule has 1 unspecified atom stereocenters. The van der Waals surface area contributed by atoms with Crippen molar-refractivity contribution in [3.63, 3.8) is 0 Å². The monoisotopic (exact) mass is 181 g/mol. The number of rotatable bonds is 3. The predicted octanol–water partition coefficient (Wildman–Crippen LogP) is 3.43. The molecule has 0 radical (unpaired) electrons. The van der Waals surface area contributed by atoms with Crippen LogP contribution in [0.5, 0.6) is 0 Å². The van der Waals surface area contributed by atoms with Gasteiger partial charge in [-0.1, -0.05) is 19.4 Å². The molecule has 0 bridgehead atoms. The van der Waals surface area contributed by atoms with Crippen molar-refractivity contribution in [1.29, 1.82) is 0 Å². The number of hydrogen-bond donors (Lipinski definition) is 0. The zero-order valence-corrected chi connectivity index (χ0v) is 8.26. The molecule has 72 valence electrons. The van der Waals surface area contributed by atoms with E-state index in [9.17, 15) is 4.39 Å². The molecule has 0 aromatic heterocycles. The molecular formula is C11H16FN. The first kappa shape index (κ1) is 10.2. The summed E-state index contributed by atoms with van der Waals surface area (Å²) in [4.78, 5) is 4.14. The normalized spacial score (nSPS) is 19.0. The first-order valence-electron chi connectivity index (χ1n) is 4.78. The third-order valence-corrected chi connectivity index (χ3v) is 2.09. The molecule has 1 aliphatic rings. The number of hydrogen-bond acceptors (Lipinski definition) is 1. The zero-order valence-electron chi connectivity index (χ0n) is 8.26. The zero-order chi connectivity index (χ0) is 9.68. The summed E-state index contributed by atoms with van der Waals surface area (Å²) in [6.45, 7) is 3.91. The average molecular weight is 181 g/mol. The van der Waals surface area contributed by atoms with E-state index >= 15 is 0 Å². The molecule has 0 N–H and O–H groups in total. The Morgan fingerprint density at radius 3 is 3.08 bits per heavy atom. The predicted molar refractivity (Wildman–Crippen MR) is 54.8 cm³/mol. The van der Waals surface area contributed by atoms with Crippen LogP contribution >= 0.6 is 0 Å².